The number of H-pyrrole nitrogens is 1. The first-order valence-corrected chi connectivity index (χ1v) is 5.66. The summed E-state index contributed by atoms with van der Waals surface area (Å²) in [7, 11) is 1.66. The van der Waals surface area contributed by atoms with E-state index >= 15 is 0 Å². The molecule has 0 radical (unpaired) electrons. The van der Waals surface area contributed by atoms with E-state index in [1.54, 1.807) is 7.11 Å². The highest BCUT2D eigenvalue weighted by atomic mass is 35.5. The zero-order valence-corrected chi connectivity index (χ0v) is 11.8. The number of carbonyl (C=O) groups is 1. The van der Waals surface area contributed by atoms with Gasteiger partial charge in [0.25, 0.3) is 5.91 Å². The fourth-order valence-electron chi connectivity index (χ4n) is 1.35. The number of halogens is 1. The van der Waals surface area contributed by atoms with E-state index in [4.69, 9.17) is 4.74 Å². The Morgan fingerprint density at radius 3 is 2.61 bits per heavy atom. The average molecular weight is 277 g/mol. The average Bonchev–Trinajstić information content (AvgIpc) is 2.64. The molecule has 0 aromatic carbocycles. The number of hydrogen-bond acceptors (Lipinski definition) is 4. The molecule has 0 aliphatic rings. The number of carbonyl (C=O) groups excluding carboxylic acids is 1. The molecule has 1 amide bonds. The SMILES string of the molecule is COCCNCCNC(=O)c1n[nH]c(C)c1C.Cl. The van der Waals surface area contributed by atoms with Crippen molar-refractivity contribution in [2.24, 2.45) is 0 Å². The maximum absolute atomic E-state index is 11.7. The van der Waals surface area contributed by atoms with Crippen LogP contribution in [0.2, 0.25) is 0 Å². The molecule has 0 atom stereocenters. The second-order valence-corrected chi connectivity index (χ2v) is 3.82. The normalized spacial score (nSPS) is 9.94. The Labute approximate surface area is 113 Å². The van der Waals surface area contributed by atoms with Crippen LogP contribution < -0.4 is 10.6 Å². The van der Waals surface area contributed by atoms with Gasteiger partial charge in [0.05, 0.1) is 6.61 Å². The first-order valence-electron chi connectivity index (χ1n) is 5.66. The Morgan fingerprint density at radius 1 is 1.33 bits per heavy atom. The molecule has 6 nitrogen and oxygen atoms in total. The van der Waals surface area contributed by atoms with E-state index in [9.17, 15) is 4.79 Å². The third-order valence-corrected chi connectivity index (χ3v) is 2.54. The van der Waals surface area contributed by atoms with Gasteiger partial charge in [0.1, 0.15) is 0 Å². The molecule has 1 heterocycles. The van der Waals surface area contributed by atoms with E-state index in [1.807, 2.05) is 13.8 Å². The van der Waals surface area contributed by atoms with Crippen LogP contribution in [0.15, 0.2) is 0 Å². The number of methoxy groups -OCH3 is 1. The lowest BCUT2D eigenvalue weighted by Crippen LogP contribution is -2.33. The Balaban J connectivity index is 0.00000289. The van der Waals surface area contributed by atoms with E-state index in [1.165, 1.54) is 0 Å². The van der Waals surface area contributed by atoms with Gasteiger partial charge in [0.2, 0.25) is 0 Å². The van der Waals surface area contributed by atoms with Crippen LogP contribution in [0.3, 0.4) is 0 Å². The molecule has 7 heteroatoms. The summed E-state index contributed by atoms with van der Waals surface area (Å²) in [5, 5.41) is 12.7. The second-order valence-electron chi connectivity index (χ2n) is 3.82. The minimum Gasteiger partial charge on any atom is -0.383 e. The maximum Gasteiger partial charge on any atom is 0.272 e. The summed E-state index contributed by atoms with van der Waals surface area (Å²) in [6, 6.07) is 0. The number of nitrogens with zero attached hydrogens (tertiary/aromatic N) is 1. The molecule has 0 aliphatic heterocycles. The van der Waals surface area contributed by atoms with E-state index in [0.717, 1.165) is 24.3 Å². The standard InChI is InChI=1S/C11H20N4O2.ClH/c1-8-9(2)14-15-10(8)11(16)13-5-4-12-6-7-17-3;/h12H,4-7H2,1-3H3,(H,13,16)(H,14,15);1H. The Bertz CT molecular complexity index is 368. The molecule has 3 N–H and O–H groups in total. The summed E-state index contributed by atoms with van der Waals surface area (Å²) in [6.45, 7) is 6.53. The summed E-state index contributed by atoms with van der Waals surface area (Å²) in [6.07, 6.45) is 0. The van der Waals surface area contributed by atoms with Crippen molar-refractivity contribution in [3.05, 3.63) is 17.0 Å². The van der Waals surface area contributed by atoms with Crippen molar-refractivity contribution in [3.8, 4) is 0 Å². The second kappa shape index (κ2) is 8.91. The van der Waals surface area contributed by atoms with E-state index in [0.29, 0.717) is 18.8 Å². The van der Waals surface area contributed by atoms with Gasteiger partial charge in [-0.05, 0) is 13.8 Å². The zero-order chi connectivity index (χ0) is 12.7. The molecule has 0 aliphatic carbocycles. The Morgan fingerprint density at radius 2 is 2.06 bits per heavy atom. The van der Waals surface area contributed by atoms with Crippen LogP contribution in [0.1, 0.15) is 21.7 Å². The van der Waals surface area contributed by atoms with Crippen molar-refractivity contribution in [2.75, 3.05) is 33.4 Å². The molecule has 0 spiro atoms. The molecular formula is C11H21ClN4O2. The molecule has 0 unspecified atom stereocenters. The van der Waals surface area contributed by atoms with Crippen LogP contribution in [0, 0.1) is 13.8 Å². The molecule has 1 rings (SSSR count). The number of aryl methyl sites for hydroxylation is 1. The smallest absolute Gasteiger partial charge is 0.272 e. The van der Waals surface area contributed by atoms with Gasteiger partial charge in [-0.1, -0.05) is 0 Å². The number of rotatable bonds is 7. The third kappa shape index (κ3) is 5.03. The van der Waals surface area contributed by atoms with Crippen molar-refractivity contribution >= 4 is 18.3 Å². The van der Waals surface area contributed by atoms with Crippen molar-refractivity contribution in [2.45, 2.75) is 13.8 Å². The largest absolute Gasteiger partial charge is 0.383 e. The monoisotopic (exact) mass is 276 g/mol. The summed E-state index contributed by atoms with van der Waals surface area (Å²) >= 11 is 0. The minimum atomic E-state index is -0.139. The van der Waals surface area contributed by atoms with E-state index in [2.05, 4.69) is 20.8 Å². The molecule has 0 fully saturated rings. The number of amides is 1. The van der Waals surface area contributed by atoms with E-state index in [-0.39, 0.29) is 18.3 Å². The van der Waals surface area contributed by atoms with Gasteiger partial charge < -0.3 is 15.4 Å². The van der Waals surface area contributed by atoms with Crippen LogP contribution in [-0.4, -0.2) is 49.5 Å². The molecule has 0 saturated carbocycles. The highest BCUT2D eigenvalue weighted by Gasteiger charge is 2.13. The van der Waals surface area contributed by atoms with Gasteiger partial charge in [-0.15, -0.1) is 12.4 Å². The molecule has 18 heavy (non-hydrogen) atoms. The van der Waals surface area contributed by atoms with Crippen LogP contribution in [0.25, 0.3) is 0 Å². The first kappa shape index (κ1) is 16.9. The van der Waals surface area contributed by atoms with Crippen molar-refractivity contribution in [1.82, 2.24) is 20.8 Å². The topological polar surface area (TPSA) is 79.0 Å². The molecule has 1 aromatic rings. The number of hydrogen-bond donors (Lipinski definition) is 3. The fourth-order valence-corrected chi connectivity index (χ4v) is 1.35. The van der Waals surface area contributed by atoms with Crippen LogP contribution in [0.4, 0.5) is 0 Å². The number of ether oxygens (including phenoxy) is 1. The van der Waals surface area contributed by atoms with Crippen LogP contribution in [-0.2, 0) is 4.74 Å². The van der Waals surface area contributed by atoms with Gasteiger partial charge in [0.15, 0.2) is 5.69 Å². The molecule has 0 bridgehead atoms. The number of aromatic amines is 1. The van der Waals surface area contributed by atoms with Crippen LogP contribution in [0.5, 0.6) is 0 Å². The van der Waals surface area contributed by atoms with Crippen molar-refractivity contribution in [1.29, 1.82) is 0 Å². The summed E-state index contributed by atoms with van der Waals surface area (Å²) in [5.74, 6) is -0.139. The van der Waals surface area contributed by atoms with Crippen molar-refractivity contribution in [3.63, 3.8) is 0 Å². The zero-order valence-electron chi connectivity index (χ0n) is 11.0. The number of nitrogens with one attached hydrogen (secondary N) is 3. The molecular weight excluding hydrogens is 256 g/mol. The minimum absolute atomic E-state index is 0. The lowest BCUT2D eigenvalue weighted by Gasteiger charge is -2.05. The molecule has 104 valence electrons. The highest BCUT2D eigenvalue weighted by Crippen LogP contribution is 2.07. The predicted octanol–water partition coefficient (Wildman–Crippen LogP) is 0.414. The van der Waals surface area contributed by atoms with Crippen molar-refractivity contribution < 1.29 is 9.53 Å². The summed E-state index contributed by atoms with van der Waals surface area (Å²) in [4.78, 5) is 11.7. The lowest BCUT2D eigenvalue weighted by molar-refractivity contribution is 0.0948. The van der Waals surface area contributed by atoms with E-state index < -0.39 is 0 Å². The fraction of sp³-hybridized carbons (Fsp3) is 0.636. The van der Waals surface area contributed by atoms with Gasteiger partial charge in [-0.25, -0.2) is 0 Å². The van der Waals surface area contributed by atoms with Crippen LogP contribution >= 0.6 is 12.4 Å². The maximum atomic E-state index is 11.7. The highest BCUT2D eigenvalue weighted by molar-refractivity contribution is 5.93. The summed E-state index contributed by atoms with van der Waals surface area (Å²) in [5.41, 5.74) is 2.29. The quantitative estimate of drug-likeness (QED) is 0.631. The first-order chi connectivity index (χ1) is 8.16. The Hall–Kier alpha value is -1.11. The van der Waals surface area contributed by atoms with Gasteiger partial charge in [0, 0.05) is 38.0 Å². The third-order valence-electron chi connectivity index (χ3n) is 2.54. The molecule has 0 saturated heterocycles. The molecule has 1 aromatic heterocycles. The summed E-state index contributed by atoms with van der Waals surface area (Å²) < 4.78 is 4.89. The lowest BCUT2D eigenvalue weighted by atomic mass is 10.2. The number of aromatic nitrogens is 2. The van der Waals surface area contributed by atoms with Gasteiger partial charge >= 0.3 is 0 Å². The Kier molecular flexibility index (Phi) is 8.36. The van der Waals surface area contributed by atoms with Gasteiger partial charge in [-0.2, -0.15) is 5.10 Å². The predicted molar refractivity (Wildman–Crippen MR) is 72.4 cm³/mol. The van der Waals surface area contributed by atoms with Gasteiger partial charge in [-0.3, -0.25) is 9.89 Å².